The van der Waals surface area contributed by atoms with Crippen molar-refractivity contribution in [3.63, 3.8) is 0 Å². The second-order valence-electron chi connectivity index (χ2n) is 4.71. The fourth-order valence-electron chi connectivity index (χ4n) is 2.22. The molecule has 2 rings (SSSR count). The highest BCUT2D eigenvalue weighted by Crippen LogP contribution is 2.26. The third-order valence-corrected chi connectivity index (χ3v) is 3.23. The summed E-state index contributed by atoms with van der Waals surface area (Å²) < 4.78 is 5.09. The molecule has 5 heteroatoms. The molecular weight excluding hydrogens is 244 g/mol. The van der Waals surface area contributed by atoms with Crippen LogP contribution in [0.25, 0.3) is 0 Å². The number of carbonyl (C=O) groups is 2. The van der Waals surface area contributed by atoms with Crippen molar-refractivity contribution in [2.75, 3.05) is 25.1 Å². The van der Waals surface area contributed by atoms with Gasteiger partial charge in [-0.05, 0) is 24.3 Å². The molecule has 1 aromatic rings. The summed E-state index contributed by atoms with van der Waals surface area (Å²) in [5.74, 6) is 0.986. The maximum Gasteiger partial charge on any atom is 0.227 e. The van der Waals surface area contributed by atoms with Crippen LogP contribution in [0.4, 0.5) is 5.69 Å². The summed E-state index contributed by atoms with van der Waals surface area (Å²) in [5.41, 5.74) is 0.871. The number of anilines is 1. The number of hydrogen-bond acceptors (Lipinski definition) is 3. The predicted octanol–water partition coefficient (Wildman–Crippen LogP) is 1.18. The van der Waals surface area contributed by atoms with Gasteiger partial charge in [0.15, 0.2) is 0 Å². The number of ether oxygens (including phenoxy) is 1. The van der Waals surface area contributed by atoms with E-state index >= 15 is 0 Å². The predicted molar refractivity (Wildman–Crippen MR) is 72.1 cm³/mol. The van der Waals surface area contributed by atoms with E-state index in [4.69, 9.17) is 4.74 Å². The number of nitrogens with zero attached hydrogens (tertiary/aromatic N) is 1. The van der Waals surface area contributed by atoms with E-state index in [-0.39, 0.29) is 17.7 Å². The molecule has 0 bridgehead atoms. The highest BCUT2D eigenvalue weighted by molar-refractivity contribution is 5.95. The molecule has 5 nitrogen and oxygen atoms in total. The SMILES string of the molecule is COc1ccc(N2C[C@H](CNC(C)=O)CC2=O)cc1. The summed E-state index contributed by atoms with van der Waals surface area (Å²) in [6, 6.07) is 7.42. The van der Waals surface area contributed by atoms with Crippen molar-refractivity contribution in [3.8, 4) is 5.75 Å². The van der Waals surface area contributed by atoms with Gasteiger partial charge >= 0.3 is 0 Å². The monoisotopic (exact) mass is 262 g/mol. The molecule has 1 N–H and O–H groups in total. The summed E-state index contributed by atoms with van der Waals surface area (Å²) in [6.45, 7) is 2.68. The standard InChI is InChI=1S/C14H18N2O3/c1-10(17)15-8-11-7-14(18)16(9-11)12-3-5-13(19-2)6-4-12/h3-6,11H,7-9H2,1-2H3,(H,15,17)/t11-/m0/s1. The number of benzene rings is 1. The van der Waals surface area contributed by atoms with Crippen LogP contribution in [0, 0.1) is 5.92 Å². The van der Waals surface area contributed by atoms with E-state index in [9.17, 15) is 9.59 Å². The van der Waals surface area contributed by atoms with Gasteiger partial charge in [-0.25, -0.2) is 0 Å². The zero-order valence-electron chi connectivity index (χ0n) is 11.2. The molecule has 1 atom stereocenters. The van der Waals surface area contributed by atoms with Crippen LogP contribution in [-0.4, -0.2) is 32.0 Å². The Bertz CT molecular complexity index is 470. The average Bonchev–Trinajstić information content (AvgIpc) is 2.78. The molecule has 19 heavy (non-hydrogen) atoms. The molecule has 1 aliphatic rings. The smallest absolute Gasteiger partial charge is 0.227 e. The molecule has 0 saturated carbocycles. The number of carbonyl (C=O) groups excluding carboxylic acids is 2. The summed E-state index contributed by atoms with van der Waals surface area (Å²) in [7, 11) is 1.61. The van der Waals surface area contributed by atoms with Gasteiger partial charge in [0.25, 0.3) is 0 Å². The van der Waals surface area contributed by atoms with E-state index < -0.39 is 0 Å². The van der Waals surface area contributed by atoms with E-state index in [0.717, 1.165) is 11.4 Å². The van der Waals surface area contributed by atoms with Crippen LogP contribution in [0.15, 0.2) is 24.3 Å². The minimum absolute atomic E-state index is 0.0599. The Morgan fingerprint density at radius 3 is 2.68 bits per heavy atom. The van der Waals surface area contributed by atoms with Gasteiger partial charge in [-0.2, -0.15) is 0 Å². The third kappa shape index (κ3) is 3.24. The lowest BCUT2D eigenvalue weighted by Crippen LogP contribution is -2.29. The number of nitrogens with one attached hydrogen (secondary N) is 1. The van der Waals surface area contributed by atoms with Crippen LogP contribution in [0.2, 0.25) is 0 Å². The Hall–Kier alpha value is -2.04. The van der Waals surface area contributed by atoms with Crippen molar-refractivity contribution in [1.82, 2.24) is 5.32 Å². The second kappa shape index (κ2) is 5.73. The van der Waals surface area contributed by atoms with Crippen LogP contribution < -0.4 is 15.0 Å². The van der Waals surface area contributed by atoms with Gasteiger partial charge in [-0.1, -0.05) is 0 Å². The van der Waals surface area contributed by atoms with Gasteiger partial charge in [-0.3, -0.25) is 9.59 Å². The van der Waals surface area contributed by atoms with Crippen molar-refractivity contribution in [2.45, 2.75) is 13.3 Å². The minimum atomic E-state index is -0.0599. The first kappa shape index (κ1) is 13.4. The van der Waals surface area contributed by atoms with Crippen molar-refractivity contribution < 1.29 is 14.3 Å². The maximum absolute atomic E-state index is 12.0. The average molecular weight is 262 g/mol. The zero-order chi connectivity index (χ0) is 13.8. The molecule has 0 unspecified atom stereocenters. The lowest BCUT2D eigenvalue weighted by Gasteiger charge is -2.17. The van der Waals surface area contributed by atoms with Crippen molar-refractivity contribution in [1.29, 1.82) is 0 Å². The first-order chi connectivity index (χ1) is 9.10. The topological polar surface area (TPSA) is 58.6 Å². The van der Waals surface area contributed by atoms with Gasteiger partial charge in [0.05, 0.1) is 7.11 Å². The number of hydrogen-bond donors (Lipinski definition) is 1. The number of amides is 2. The van der Waals surface area contributed by atoms with Crippen molar-refractivity contribution in [2.24, 2.45) is 5.92 Å². The molecule has 1 fully saturated rings. The zero-order valence-corrected chi connectivity index (χ0v) is 11.2. The lowest BCUT2D eigenvalue weighted by molar-refractivity contribution is -0.120. The molecule has 2 amide bonds. The van der Waals surface area contributed by atoms with E-state index in [2.05, 4.69) is 5.32 Å². The molecule has 1 aliphatic heterocycles. The fourth-order valence-corrected chi connectivity index (χ4v) is 2.22. The summed E-state index contributed by atoms with van der Waals surface area (Å²) in [4.78, 5) is 24.6. The quantitative estimate of drug-likeness (QED) is 0.886. The lowest BCUT2D eigenvalue weighted by atomic mass is 10.1. The molecule has 0 spiro atoms. The third-order valence-electron chi connectivity index (χ3n) is 3.23. The van der Waals surface area contributed by atoms with Crippen LogP contribution in [-0.2, 0) is 9.59 Å². The van der Waals surface area contributed by atoms with Gasteiger partial charge < -0.3 is 15.0 Å². The van der Waals surface area contributed by atoms with Gasteiger partial charge in [-0.15, -0.1) is 0 Å². The summed E-state index contributed by atoms with van der Waals surface area (Å²) in [5, 5.41) is 2.76. The van der Waals surface area contributed by atoms with E-state index in [1.165, 1.54) is 6.92 Å². The summed E-state index contributed by atoms with van der Waals surface area (Å²) >= 11 is 0. The molecule has 1 heterocycles. The van der Waals surface area contributed by atoms with Crippen LogP contribution >= 0.6 is 0 Å². The Kier molecular flexibility index (Phi) is 4.04. The largest absolute Gasteiger partial charge is 0.497 e. The van der Waals surface area contributed by atoms with Crippen LogP contribution in [0.5, 0.6) is 5.75 Å². The number of methoxy groups -OCH3 is 1. The van der Waals surface area contributed by atoms with E-state index in [1.54, 1.807) is 12.0 Å². The maximum atomic E-state index is 12.0. The molecule has 0 aliphatic carbocycles. The van der Waals surface area contributed by atoms with Gasteiger partial charge in [0.2, 0.25) is 11.8 Å². The minimum Gasteiger partial charge on any atom is -0.497 e. The molecule has 1 aromatic carbocycles. The molecule has 0 aromatic heterocycles. The van der Waals surface area contributed by atoms with E-state index in [1.807, 2.05) is 24.3 Å². The van der Waals surface area contributed by atoms with E-state index in [0.29, 0.717) is 19.5 Å². The van der Waals surface area contributed by atoms with Crippen molar-refractivity contribution in [3.05, 3.63) is 24.3 Å². The van der Waals surface area contributed by atoms with Crippen LogP contribution in [0.1, 0.15) is 13.3 Å². The molecule has 0 radical (unpaired) electrons. The van der Waals surface area contributed by atoms with Crippen molar-refractivity contribution >= 4 is 17.5 Å². The second-order valence-corrected chi connectivity index (χ2v) is 4.71. The summed E-state index contributed by atoms with van der Waals surface area (Å²) in [6.07, 6.45) is 0.478. The van der Waals surface area contributed by atoms with Crippen LogP contribution in [0.3, 0.4) is 0 Å². The first-order valence-corrected chi connectivity index (χ1v) is 6.29. The normalized spacial score (nSPS) is 18.5. The molecular formula is C14H18N2O3. The Morgan fingerprint density at radius 2 is 2.11 bits per heavy atom. The first-order valence-electron chi connectivity index (χ1n) is 6.29. The Morgan fingerprint density at radius 1 is 1.42 bits per heavy atom. The highest BCUT2D eigenvalue weighted by atomic mass is 16.5. The Labute approximate surface area is 112 Å². The fraction of sp³-hybridized carbons (Fsp3) is 0.429. The Balaban J connectivity index is 2.00. The van der Waals surface area contributed by atoms with Gasteiger partial charge in [0, 0.05) is 38.0 Å². The molecule has 1 saturated heterocycles. The number of rotatable bonds is 4. The van der Waals surface area contributed by atoms with Gasteiger partial charge in [0.1, 0.15) is 5.75 Å². The molecule has 102 valence electrons. The highest BCUT2D eigenvalue weighted by Gasteiger charge is 2.30.